The number of hydrogen-bond acceptors (Lipinski definition) is 2. The van der Waals surface area contributed by atoms with Crippen molar-refractivity contribution in [2.24, 2.45) is 4.99 Å². The molecular formula is C13H15ClN2. The second kappa shape index (κ2) is 7.83. The van der Waals surface area contributed by atoms with Crippen LogP contribution in [0.15, 0.2) is 52.6 Å². The van der Waals surface area contributed by atoms with Crippen molar-refractivity contribution in [1.29, 1.82) is 0 Å². The fraction of sp³-hybridized carbons (Fsp3) is 0.231. The van der Waals surface area contributed by atoms with E-state index in [1.54, 1.807) is 13.3 Å². The molecule has 0 bridgehead atoms. The third-order valence-electron chi connectivity index (χ3n) is 1.94. The van der Waals surface area contributed by atoms with Gasteiger partial charge in [-0.1, -0.05) is 29.8 Å². The first-order valence-corrected chi connectivity index (χ1v) is 5.55. The van der Waals surface area contributed by atoms with Gasteiger partial charge in [0.1, 0.15) is 0 Å². The van der Waals surface area contributed by atoms with Crippen molar-refractivity contribution < 1.29 is 0 Å². The molecule has 0 saturated carbocycles. The molecule has 0 unspecified atom stereocenters. The highest BCUT2D eigenvalue weighted by atomic mass is 35.5. The second-order valence-electron chi connectivity index (χ2n) is 3.23. The summed E-state index contributed by atoms with van der Waals surface area (Å²) in [5.41, 5.74) is 1.11. The topological polar surface area (TPSA) is 25.2 Å². The molecule has 2 nitrogen and oxygen atoms in total. The first-order valence-electron chi connectivity index (χ1n) is 5.17. The van der Waals surface area contributed by atoms with Gasteiger partial charge in [-0.3, -0.25) is 9.98 Å². The van der Waals surface area contributed by atoms with Crippen LogP contribution < -0.4 is 0 Å². The zero-order valence-electron chi connectivity index (χ0n) is 9.31. The number of hydrogen-bond donors (Lipinski definition) is 0. The lowest BCUT2D eigenvalue weighted by Crippen LogP contribution is -1.86. The lowest BCUT2D eigenvalue weighted by Gasteiger charge is -1.94. The van der Waals surface area contributed by atoms with Crippen LogP contribution in [0.3, 0.4) is 0 Å². The highest BCUT2D eigenvalue weighted by molar-refractivity contribution is 6.39. The van der Waals surface area contributed by atoms with Crippen LogP contribution in [0.25, 0.3) is 0 Å². The minimum absolute atomic E-state index is 0.636. The van der Waals surface area contributed by atoms with Gasteiger partial charge in [0.2, 0.25) is 0 Å². The molecular weight excluding hydrogens is 220 g/mol. The molecule has 0 aliphatic rings. The van der Waals surface area contributed by atoms with Crippen molar-refractivity contribution >= 4 is 17.8 Å². The summed E-state index contributed by atoms with van der Waals surface area (Å²) in [7, 11) is 1.70. The Hall–Kier alpha value is -1.41. The summed E-state index contributed by atoms with van der Waals surface area (Å²) in [6.07, 6.45) is 11.2. The molecule has 16 heavy (non-hydrogen) atoms. The van der Waals surface area contributed by atoms with E-state index in [0.717, 1.165) is 18.5 Å². The average molecular weight is 235 g/mol. The van der Waals surface area contributed by atoms with Crippen molar-refractivity contribution in [3.63, 3.8) is 0 Å². The van der Waals surface area contributed by atoms with Crippen LogP contribution in [0.1, 0.15) is 12.1 Å². The van der Waals surface area contributed by atoms with E-state index in [2.05, 4.69) is 16.1 Å². The Morgan fingerprint density at radius 1 is 1.50 bits per heavy atom. The molecule has 0 spiro atoms. The molecule has 1 heterocycles. The fourth-order valence-electron chi connectivity index (χ4n) is 1.20. The molecule has 0 radical (unpaired) electrons. The first kappa shape index (κ1) is 12.7. The van der Waals surface area contributed by atoms with E-state index in [9.17, 15) is 0 Å². The number of aromatic nitrogens is 1. The van der Waals surface area contributed by atoms with Gasteiger partial charge in [0.05, 0.1) is 5.03 Å². The normalized spacial score (nSPS) is 12.8. The van der Waals surface area contributed by atoms with E-state index in [-0.39, 0.29) is 0 Å². The molecule has 0 amide bonds. The van der Waals surface area contributed by atoms with Crippen LogP contribution in [0.4, 0.5) is 0 Å². The molecule has 1 aromatic rings. The van der Waals surface area contributed by atoms with E-state index in [0.29, 0.717) is 5.03 Å². The van der Waals surface area contributed by atoms with Crippen LogP contribution in [0, 0.1) is 0 Å². The molecule has 0 aromatic carbocycles. The summed E-state index contributed by atoms with van der Waals surface area (Å²) in [5, 5.41) is 0.636. The SMILES string of the molecule is CN=C/C(Cl)=C\C=C\CCc1ccccn1. The smallest absolute Gasteiger partial charge is 0.0584 e. The number of aryl methyl sites for hydroxylation is 1. The summed E-state index contributed by atoms with van der Waals surface area (Å²) in [5.74, 6) is 0. The Balaban J connectivity index is 2.31. The molecule has 0 N–H and O–H groups in total. The summed E-state index contributed by atoms with van der Waals surface area (Å²) < 4.78 is 0. The zero-order chi connectivity index (χ0) is 11.6. The van der Waals surface area contributed by atoms with Crippen LogP contribution >= 0.6 is 11.6 Å². The van der Waals surface area contributed by atoms with Gasteiger partial charge in [-0.05, 0) is 31.1 Å². The van der Waals surface area contributed by atoms with Gasteiger partial charge in [0.15, 0.2) is 0 Å². The van der Waals surface area contributed by atoms with Crippen LogP contribution in [-0.4, -0.2) is 18.2 Å². The lowest BCUT2D eigenvalue weighted by atomic mass is 10.2. The van der Waals surface area contributed by atoms with E-state index in [1.165, 1.54) is 0 Å². The van der Waals surface area contributed by atoms with Crippen molar-refractivity contribution in [3.8, 4) is 0 Å². The van der Waals surface area contributed by atoms with Crippen LogP contribution in [0.2, 0.25) is 0 Å². The Bertz CT molecular complexity index is 380. The van der Waals surface area contributed by atoms with Crippen molar-refractivity contribution in [3.05, 3.63) is 53.4 Å². The van der Waals surface area contributed by atoms with Gasteiger partial charge in [-0.25, -0.2) is 0 Å². The second-order valence-corrected chi connectivity index (χ2v) is 3.66. The molecule has 3 heteroatoms. The van der Waals surface area contributed by atoms with Crippen molar-refractivity contribution in [2.75, 3.05) is 7.05 Å². The van der Waals surface area contributed by atoms with Gasteiger partial charge in [-0.15, -0.1) is 0 Å². The van der Waals surface area contributed by atoms with Gasteiger partial charge in [0.25, 0.3) is 0 Å². The Kier molecular flexibility index (Phi) is 6.19. The third kappa shape index (κ3) is 5.47. The molecule has 1 aromatic heterocycles. The highest BCUT2D eigenvalue weighted by Gasteiger charge is 1.89. The molecule has 84 valence electrons. The van der Waals surface area contributed by atoms with E-state index >= 15 is 0 Å². The Morgan fingerprint density at radius 2 is 2.38 bits per heavy atom. The molecule has 0 aliphatic carbocycles. The largest absolute Gasteiger partial charge is 0.295 e. The number of rotatable bonds is 5. The number of halogens is 1. The predicted molar refractivity (Wildman–Crippen MR) is 70.1 cm³/mol. The maximum absolute atomic E-state index is 5.83. The molecule has 0 saturated heterocycles. The average Bonchev–Trinajstić information content (AvgIpc) is 2.30. The molecule has 0 atom stereocenters. The quantitative estimate of drug-likeness (QED) is 0.566. The van der Waals surface area contributed by atoms with E-state index in [4.69, 9.17) is 11.6 Å². The number of pyridine rings is 1. The maximum atomic E-state index is 5.83. The molecule has 0 aliphatic heterocycles. The monoisotopic (exact) mass is 234 g/mol. The molecule has 1 rings (SSSR count). The van der Waals surface area contributed by atoms with Gasteiger partial charge < -0.3 is 0 Å². The maximum Gasteiger partial charge on any atom is 0.0584 e. The zero-order valence-corrected chi connectivity index (χ0v) is 10.1. The van der Waals surface area contributed by atoms with E-state index in [1.807, 2.05) is 36.5 Å². The Morgan fingerprint density at radius 3 is 3.06 bits per heavy atom. The van der Waals surface area contributed by atoms with E-state index < -0.39 is 0 Å². The first-order chi connectivity index (χ1) is 7.83. The number of aliphatic imine (C=N–C) groups is 1. The predicted octanol–water partition coefficient (Wildman–Crippen LogP) is 3.39. The molecule has 0 fully saturated rings. The number of allylic oxidation sites excluding steroid dienone is 4. The summed E-state index contributed by atoms with van der Waals surface area (Å²) in [6, 6.07) is 5.95. The third-order valence-corrected chi connectivity index (χ3v) is 2.16. The van der Waals surface area contributed by atoms with Crippen LogP contribution in [-0.2, 0) is 6.42 Å². The Labute approximate surface area is 101 Å². The van der Waals surface area contributed by atoms with Crippen LogP contribution in [0.5, 0.6) is 0 Å². The van der Waals surface area contributed by atoms with Crippen molar-refractivity contribution in [1.82, 2.24) is 4.98 Å². The van der Waals surface area contributed by atoms with Gasteiger partial charge in [-0.2, -0.15) is 0 Å². The standard InChI is InChI=1S/C13H15ClN2/c1-15-11-12(14)7-3-2-4-8-13-9-5-6-10-16-13/h2-3,5-7,9-11H,4,8H2,1H3/b3-2+,12-7+,15-11?. The lowest BCUT2D eigenvalue weighted by molar-refractivity contribution is 0.944. The summed E-state index contributed by atoms with van der Waals surface area (Å²) >= 11 is 5.83. The minimum atomic E-state index is 0.636. The van der Waals surface area contributed by atoms with Crippen molar-refractivity contribution in [2.45, 2.75) is 12.8 Å². The fourth-order valence-corrected chi connectivity index (χ4v) is 1.37. The summed E-state index contributed by atoms with van der Waals surface area (Å²) in [4.78, 5) is 8.06. The van der Waals surface area contributed by atoms with Gasteiger partial charge >= 0.3 is 0 Å². The highest BCUT2D eigenvalue weighted by Crippen LogP contribution is 2.01. The van der Waals surface area contributed by atoms with Gasteiger partial charge in [0, 0.05) is 25.2 Å². The minimum Gasteiger partial charge on any atom is -0.295 e. The summed E-state index contributed by atoms with van der Waals surface area (Å²) in [6.45, 7) is 0. The number of nitrogens with zero attached hydrogens (tertiary/aromatic N) is 2.